The molecule has 0 aromatic heterocycles. The van der Waals surface area contributed by atoms with Crippen LogP contribution in [-0.4, -0.2) is 25.0 Å². The molecule has 0 saturated carbocycles. The van der Waals surface area contributed by atoms with Crippen LogP contribution in [0.1, 0.15) is 6.92 Å². The number of ether oxygens (including phenoxy) is 1. The number of rotatable bonds is 2. The van der Waals surface area contributed by atoms with Gasteiger partial charge in [-0.25, -0.2) is 4.79 Å². The van der Waals surface area contributed by atoms with Gasteiger partial charge < -0.3 is 10.5 Å². The van der Waals surface area contributed by atoms with Crippen LogP contribution in [0.3, 0.4) is 0 Å². The minimum absolute atomic E-state index is 0.714. The minimum atomic E-state index is -1.03. The highest BCUT2D eigenvalue weighted by Crippen LogP contribution is 1.96. The summed E-state index contributed by atoms with van der Waals surface area (Å²) in [4.78, 5) is 31.7. The second-order valence-electron chi connectivity index (χ2n) is 2.10. The molecule has 0 bridgehead atoms. The SMILES string of the molecule is COC(=O)C(C)C(=O)NC(N)=O. The van der Waals surface area contributed by atoms with Gasteiger partial charge in [0.2, 0.25) is 5.91 Å². The van der Waals surface area contributed by atoms with Gasteiger partial charge in [-0.1, -0.05) is 0 Å². The molecule has 1 atom stereocenters. The van der Waals surface area contributed by atoms with Gasteiger partial charge in [-0.05, 0) is 6.92 Å². The smallest absolute Gasteiger partial charge is 0.318 e. The molecule has 0 spiro atoms. The molecule has 3 N–H and O–H groups in total. The number of urea groups is 1. The van der Waals surface area contributed by atoms with E-state index in [-0.39, 0.29) is 0 Å². The number of nitrogens with two attached hydrogens (primary N) is 1. The molecule has 12 heavy (non-hydrogen) atoms. The van der Waals surface area contributed by atoms with E-state index in [0.717, 1.165) is 7.11 Å². The Kier molecular flexibility index (Phi) is 3.75. The third-order valence-electron chi connectivity index (χ3n) is 1.19. The second-order valence-corrected chi connectivity index (χ2v) is 2.10. The Morgan fingerprint density at radius 3 is 2.25 bits per heavy atom. The third kappa shape index (κ3) is 3.00. The zero-order valence-electron chi connectivity index (χ0n) is 6.79. The molecule has 0 heterocycles. The lowest BCUT2D eigenvalue weighted by atomic mass is 10.2. The fraction of sp³-hybridized carbons (Fsp3) is 0.500. The van der Waals surface area contributed by atoms with E-state index in [4.69, 9.17) is 0 Å². The van der Waals surface area contributed by atoms with Gasteiger partial charge in [0.1, 0.15) is 5.92 Å². The molecule has 0 radical (unpaired) electrons. The average molecular weight is 174 g/mol. The lowest BCUT2D eigenvalue weighted by molar-refractivity contribution is -0.148. The number of carbonyl (C=O) groups is 3. The number of esters is 1. The molecule has 6 heteroatoms. The second kappa shape index (κ2) is 4.32. The first kappa shape index (κ1) is 10.4. The maximum absolute atomic E-state index is 10.8. The predicted molar refractivity (Wildman–Crippen MR) is 38.9 cm³/mol. The number of imide groups is 1. The fourth-order valence-electron chi connectivity index (χ4n) is 0.513. The van der Waals surface area contributed by atoms with Crippen LogP contribution in [0.2, 0.25) is 0 Å². The van der Waals surface area contributed by atoms with Crippen molar-refractivity contribution in [1.29, 1.82) is 0 Å². The molecule has 0 saturated heterocycles. The lowest BCUT2D eigenvalue weighted by Gasteiger charge is -2.06. The topological polar surface area (TPSA) is 98.5 Å². The summed E-state index contributed by atoms with van der Waals surface area (Å²) in [7, 11) is 1.15. The van der Waals surface area contributed by atoms with Gasteiger partial charge in [0.05, 0.1) is 7.11 Å². The van der Waals surface area contributed by atoms with Crippen molar-refractivity contribution in [3.8, 4) is 0 Å². The quantitative estimate of drug-likeness (QED) is 0.414. The standard InChI is InChI=1S/C6H10N2O4/c1-3(5(10)12-2)4(9)8-6(7)11/h3H,1-2H3,(H3,7,8,9,11). The number of hydrogen-bond acceptors (Lipinski definition) is 4. The summed E-state index contributed by atoms with van der Waals surface area (Å²) >= 11 is 0. The van der Waals surface area contributed by atoms with Crippen molar-refractivity contribution in [2.75, 3.05) is 7.11 Å². The molecule has 68 valence electrons. The van der Waals surface area contributed by atoms with Crippen molar-refractivity contribution in [3.05, 3.63) is 0 Å². The van der Waals surface area contributed by atoms with E-state index < -0.39 is 23.8 Å². The van der Waals surface area contributed by atoms with E-state index in [0.29, 0.717) is 0 Å². The number of nitrogens with one attached hydrogen (secondary N) is 1. The van der Waals surface area contributed by atoms with E-state index >= 15 is 0 Å². The highest BCUT2D eigenvalue weighted by Gasteiger charge is 2.22. The lowest BCUT2D eigenvalue weighted by Crippen LogP contribution is -2.40. The Morgan fingerprint density at radius 1 is 1.42 bits per heavy atom. The first-order chi connectivity index (χ1) is 5.49. The Bertz CT molecular complexity index is 214. The first-order valence-corrected chi connectivity index (χ1v) is 3.17. The number of methoxy groups -OCH3 is 1. The summed E-state index contributed by atoms with van der Waals surface area (Å²) in [5.74, 6) is -2.51. The van der Waals surface area contributed by atoms with Gasteiger partial charge >= 0.3 is 12.0 Å². The van der Waals surface area contributed by atoms with E-state index in [9.17, 15) is 14.4 Å². The van der Waals surface area contributed by atoms with E-state index in [1.807, 2.05) is 0 Å². The summed E-state index contributed by atoms with van der Waals surface area (Å²) in [5.41, 5.74) is 4.65. The minimum Gasteiger partial charge on any atom is -0.468 e. The van der Waals surface area contributed by atoms with Crippen molar-refractivity contribution in [1.82, 2.24) is 5.32 Å². The molecule has 0 aliphatic rings. The Hall–Kier alpha value is -1.59. The van der Waals surface area contributed by atoms with Crippen molar-refractivity contribution in [2.24, 2.45) is 11.7 Å². The maximum atomic E-state index is 10.8. The van der Waals surface area contributed by atoms with Gasteiger partial charge in [-0.2, -0.15) is 0 Å². The molecule has 0 aromatic rings. The number of carbonyl (C=O) groups excluding carboxylic acids is 3. The predicted octanol–water partition coefficient (Wildman–Crippen LogP) is -1.01. The highest BCUT2D eigenvalue weighted by atomic mass is 16.5. The highest BCUT2D eigenvalue weighted by molar-refractivity contribution is 6.03. The molecular weight excluding hydrogens is 164 g/mol. The van der Waals surface area contributed by atoms with Crippen molar-refractivity contribution in [2.45, 2.75) is 6.92 Å². The third-order valence-corrected chi connectivity index (χ3v) is 1.19. The Balaban J connectivity index is 4.10. The molecule has 6 nitrogen and oxygen atoms in total. The zero-order chi connectivity index (χ0) is 9.72. The molecular formula is C6H10N2O4. The fourth-order valence-corrected chi connectivity index (χ4v) is 0.513. The molecule has 0 rings (SSSR count). The van der Waals surface area contributed by atoms with Crippen LogP contribution in [0.25, 0.3) is 0 Å². The van der Waals surface area contributed by atoms with Crippen LogP contribution in [0.5, 0.6) is 0 Å². The van der Waals surface area contributed by atoms with Crippen molar-refractivity contribution in [3.63, 3.8) is 0 Å². The zero-order valence-corrected chi connectivity index (χ0v) is 6.79. The van der Waals surface area contributed by atoms with Gasteiger partial charge in [0.25, 0.3) is 0 Å². The molecule has 0 aromatic carbocycles. The van der Waals surface area contributed by atoms with Crippen LogP contribution in [0.15, 0.2) is 0 Å². The maximum Gasteiger partial charge on any atom is 0.318 e. The van der Waals surface area contributed by atoms with Crippen LogP contribution >= 0.6 is 0 Å². The number of primary amides is 1. The van der Waals surface area contributed by atoms with Crippen LogP contribution < -0.4 is 11.1 Å². The number of hydrogen-bond donors (Lipinski definition) is 2. The largest absolute Gasteiger partial charge is 0.468 e. The molecule has 3 amide bonds. The summed E-state index contributed by atoms with van der Waals surface area (Å²) in [6, 6.07) is -0.990. The summed E-state index contributed by atoms with van der Waals surface area (Å²) in [6.45, 7) is 1.31. The monoisotopic (exact) mass is 174 g/mol. The van der Waals surface area contributed by atoms with Crippen molar-refractivity contribution >= 4 is 17.9 Å². The molecule has 0 fully saturated rings. The van der Waals surface area contributed by atoms with Gasteiger partial charge in [-0.15, -0.1) is 0 Å². The molecule has 1 unspecified atom stereocenters. The molecule has 0 aliphatic heterocycles. The van der Waals surface area contributed by atoms with Gasteiger partial charge in [0, 0.05) is 0 Å². The van der Waals surface area contributed by atoms with E-state index in [1.165, 1.54) is 6.92 Å². The summed E-state index contributed by atoms with van der Waals surface area (Å²) < 4.78 is 4.26. The van der Waals surface area contributed by atoms with Gasteiger partial charge in [0.15, 0.2) is 0 Å². The van der Waals surface area contributed by atoms with Crippen LogP contribution in [-0.2, 0) is 14.3 Å². The normalized spacial score (nSPS) is 11.5. The van der Waals surface area contributed by atoms with E-state index in [2.05, 4.69) is 10.5 Å². The van der Waals surface area contributed by atoms with Crippen LogP contribution in [0, 0.1) is 5.92 Å². The molecule has 0 aliphatic carbocycles. The summed E-state index contributed by atoms with van der Waals surface area (Å²) in [6.07, 6.45) is 0. The average Bonchev–Trinajstić information content (AvgIpc) is 2.00. The van der Waals surface area contributed by atoms with E-state index in [1.54, 1.807) is 5.32 Å². The Labute approximate surface area is 69.1 Å². The van der Waals surface area contributed by atoms with Gasteiger partial charge in [-0.3, -0.25) is 14.9 Å². The Morgan fingerprint density at radius 2 is 1.92 bits per heavy atom. The first-order valence-electron chi connectivity index (χ1n) is 3.17. The van der Waals surface area contributed by atoms with Crippen molar-refractivity contribution < 1.29 is 19.1 Å². The summed E-state index contributed by atoms with van der Waals surface area (Å²) in [5, 5.41) is 1.76. The number of amides is 3. The van der Waals surface area contributed by atoms with Crippen LogP contribution in [0.4, 0.5) is 4.79 Å².